The van der Waals surface area contributed by atoms with Gasteiger partial charge < -0.3 is 15.4 Å². The van der Waals surface area contributed by atoms with Crippen LogP contribution in [-0.4, -0.2) is 32.1 Å². The molecule has 0 unspecified atom stereocenters. The molecule has 0 bridgehead atoms. The van der Waals surface area contributed by atoms with Crippen LogP contribution in [0.15, 0.2) is 72.4 Å². The zero-order valence-electron chi connectivity index (χ0n) is 15.6. The summed E-state index contributed by atoms with van der Waals surface area (Å²) in [7, 11) is 1.56. The Bertz CT molecular complexity index is 809. The van der Waals surface area contributed by atoms with Crippen LogP contribution in [0.1, 0.15) is 21.5 Å². The quantitative estimate of drug-likeness (QED) is 0.430. The van der Waals surface area contributed by atoms with Crippen molar-refractivity contribution in [2.75, 3.05) is 20.3 Å². The van der Waals surface area contributed by atoms with Crippen molar-refractivity contribution in [3.8, 4) is 0 Å². The molecule has 0 aliphatic rings. The number of carbonyl (C=O) groups is 2. The number of allylic oxidation sites excluding steroid dienone is 2. The van der Waals surface area contributed by atoms with Crippen molar-refractivity contribution >= 4 is 17.9 Å². The van der Waals surface area contributed by atoms with Gasteiger partial charge in [-0.25, -0.2) is 0 Å². The second kappa shape index (κ2) is 10.7. The van der Waals surface area contributed by atoms with Gasteiger partial charge in [0.2, 0.25) is 0 Å². The van der Waals surface area contributed by atoms with E-state index in [4.69, 9.17) is 4.74 Å². The molecule has 2 aromatic rings. The number of hydrogen-bond donors (Lipinski definition) is 2. The van der Waals surface area contributed by atoms with Crippen molar-refractivity contribution in [1.29, 1.82) is 0 Å². The SMILES string of the molecule is COCCNC(=O)/C(=C/C=C\c1ccccc1)NC(=O)c1ccc(C)cc1. The van der Waals surface area contributed by atoms with Crippen LogP contribution >= 0.6 is 0 Å². The molecule has 0 radical (unpaired) electrons. The van der Waals surface area contributed by atoms with Gasteiger partial charge in [0.05, 0.1) is 6.61 Å². The number of ether oxygens (including phenoxy) is 1. The Morgan fingerprint density at radius 3 is 2.41 bits per heavy atom. The number of benzene rings is 2. The summed E-state index contributed by atoms with van der Waals surface area (Å²) < 4.78 is 4.94. The number of hydrogen-bond acceptors (Lipinski definition) is 3. The van der Waals surface area contributed by atoms with Crippen LogP contribution < -0.4 is 10.6 Å². The fraction of sp³-hybridized carbons (Fsp3) is 0.182. The number of aryl methyl sites for hydroxylation is 1. The van der Waals surface area contributed by atoms with Gasteiger partial charge in [-0.2, -0.15) is 0 Å². The van der Waals surface area contributed by atoms with Crippen LogP contribution in [0.5, 0.6) is 0 Å². The lowest BCUT2D eigenvalue weighted by molar-refractivity contribution is -0.118. The van der Waals surface area contributed by atoms with Crippen LogP contribution in [0.4, 0.5) is 0 Å². The minimum atomic E-state index is -0.370. The monoisotopic (exact) mass is 364 g/mol. The number of amides is 2. The molecular weight excluding hydrogens is 340 g/mol. The molecule has 0 spiro atoms. The largest absolute Gasteiger partial charge is 0.383 e. The van der Waals surface area contributed by atoms with Gasteiger partial charge in [-0.05, 0) is 30.7 Å². The fourth-order valence-corrected chi connectivity index (χ4v) is 2.25. The van der Waals surface area contributed by atoms with E-state index in [-0.39, 0.29) is 17.5 Å². The van der Waals surface area contributed by atoms with E-state index in [1.165, 1.54) is 0 Å². The highest BCUT2D eigenvalue weighted by Gasteiger charge is 2.13. The van der Waals surface area contributed by atoms with Crippen LogP contribution in [0.25, 0.3) is 6.08 Å². The van der Waals surface area contributed by atoms with Gasteiger partial charge in [0.15, 0.2) is 0 Å². The maximum atomic E-state index is 12.5. The standard InChI is InChI=1S/C22H24N2O3/c1-17-11-13-19(14-12-17)21(25)24-20(22(26)23-15-16-27-2)10-6-9-18-7-4-3-5-8-18/h3-14H,15-16H2,1-2H3,(H,23,26)(H,24,25)/b9-6-,20-10-. The first-order chi connectivity index (χ1) is 13.1. The number of carbonyl (C=O) groups excluding carboxylic acids is 2. The third-order valence-electron chi connectivity index (χ3n) is 3.75. The first-order valence-electron chi connectivity index (χ1n) is 8.68. The van der Waals surface area contributed by atoms with Crippen molar-refractivity contribution in [2.45, 2.75) is 6.92 Å². The van der Waals surface area contributed by atoms with E-state index >= 15 is 0 Å². The predicted octanol–water partition coefficient (Wildman–Crippen LogP) is 3.08. The highest BCUT2D eigenvalue weighted by molar-refractivity contribution is 6.03. The summed E-state index contributed by atoms with van der Waals surface area (Å²) in [4.78, 5) is 24.9. The Kier molecular flexibility index (Phi) is 8.00. The molecule has 0 aromatic heterocycles. The van der Waals surface area contributed by atoms with Gasteiger partial charge in [0.25, 0.3) is 11.8 Å². The minimum Gasteiger partial charge on any atom is -0.383 e. The number of rotatable bonds is 8. The van der Waals surface area contributed by atoms with Crippen LogP contribution in [0.3, 0.4) is 0 Å². The molecule has 0 heterocycles. The fourth-order valence-electron chi connectivity index (χ4n) is 2.25. The summed E-state index contributed by atoms with van der Waals surface area (Å²) in [5.41, 5.74) is 2.72. The molecule has 5 nitrogen and oxygen atoms in total. The average Bonchev–Trinajstić information content (AvgIpc) is 2.68. The molecule has 0 saturated heterocycles. The smallest absolute Gasteiger partial charge is 0.267 e. The first-order valence-corrected chi connectivity index (χ1v) is 8.68. The van der Waals surface area contributed by atoms with Crippen molar-refractivity contribution in [3.63, 3.8) is 0 Å². The predicted molar refractivity (Wildman–Crippen MR) is 107 cm³/mol. The molecule has 0 aliphatic carbocycles. The maximum Gasteiger partial charge on any atom is 0.267 e. The summed E-state index contributed by atoms with van der Waals surface area (Å²) in [6.45, 7) is 2.70. The number of nitrogens with one attached hydrogen (secondary N) is 2. The van der Waals surface area contributed by atoms with Crippen molar-refractivity contribution in [2.24, 2.45) is 0 Å². The normalized spacial score (nSPS) is 11.4. The number of methoxy groups -OCH3 is 1. The lowest BCUT2D eigenvalue weighted by atomic mass is 10.1. The van der Waals surface area contributed by atoms with Gasteiger partial charge in [-0.1, -0.05) is 60.2 Å². The maximum absolute atomic E-state index is 12.5. The molecule has 2 amide bonds. The zero-order chi connectivity index (χ0) is 19.5. The Balaban J connectivity index is 2.14. The van der Waals surface area contributed by atoms with Crippen LogP contribution in [0, 0.1) is 6.92 Å². The molecule has 0 atom stereocenters. The van der Waals surface area contributed by atoms with E-state index in [9.17, 15) is 9.59 Å². The first kappa shape index (κ1) is 20.1. The highest BCUT2D eigenvalue weighted by atomic mass is 16.5. The molecule has 0 fully saturated rings. The van der Waals surface area contributed by atoms with Gasteiger partial charge in [-0.3, -0.25) is 9.59 Å². The molecule has 140 valence electrons. The second-order valence-electron chi connectivity index (χ2n) is 5.92. The summed E-state index contributed by atoms with van der Waals surface area (Å²) in [6, 6.07) is 16.9. The molecule has 27 heavy (non-hydrogen) atoms. The molecule has 2 rings (SSSR count). The third-order valence-corrected chi connectivity index (χ3v) is 3.75. The summed E-state index contributed by atoms with van der Waals surface area (Å²) in [5.74, 6) is -0.707. The van der Waals surface area contributed by atoms with E-state index in [2.05, 4.69) is 10.6 Å². The Morgan fingerprint density at radius 2 is 1.74 bits per heavy atom. The lowest BCUT2D eigenvalue weighted by Gasteiger charge is -2.10. The molecular formula is C22H24N2O3. The van der Waals surface area contributed by atoms with E-state index < -0.39 is 0 Å². The molecule has 0 saturated carbocycles. The molecule has 0 aliphatic heterocycles. The topological polar surface area (TPSA) is 67.4 Å². The van der Waals surface area contributed by atoms with Gasteiger partial charge in [0, 0.05) is 19.2 Å². The van der Waals surface area contributed by atoms with E-state index in [0.717, 1.165) is 11.1 Å². The second-order valence-corrected chi connectivity index (χ2v) is 5.92. The van der Waals surface area contributed by atoms with Crippen molar-refractivity contribution < 1.29 is 14.3 Å². The van der Waals surface area contributed by atoms with Gasteiger partial charge in [-0.15, -0.1) is 0 Å². The summed E-state index contributed by atoms with van der Waals surface area (Å²) in [6.07, 6.45) is 5.18. The summed E-state index contributed by atoms with van der Waals surface area (Å²) in [5, 5.41) is 5.40. The van der Waals surface area contributed by atoms with Crippen LogP contribution in [0.2, 0.25) is 0 Å². The minimum absolute atomic E-state index is 0.170. The molecule has 5 heteroatoms. The third kappa shape index (κ3) is 6.92. The lowest BCUT2D eigenvalue weighted by Crippen LogP contribution is -2.36. The van der Waals surface area contributed by atoms with Gasteiger partial charge in [0.1, 0.15) is 5.70 Å². The van der Waals surface area contributed by atoms with Crippen molar-refractivity contribution in [3.05, 3.63) is 89.1 Å². The zero-order valence-corrected chi connectivity index (χ0v) is 15.6. The summed E-state index contributed by atoms with van der Waals surface area (Å²) >= 11 is 0. The Hall–Kier alpha value is -3.18. The Labute approximate surface area is 159 Å². The van der Waals surface area contributed by atoms with E-state index in [0.29, 0.717) is 18.7 Å². The Morgan fingerprint density at radius 1 is 1.04 bits per heavy atom. The van der Waals surface area contributed by atoms with Gasteiger partial charge >= 0.3 is 0 Å². The average molecular weight is 364 g/mol. The van der Waals surface area contributed by atoms with Crippen LogP contribution in [-0.2, 0) is 9.53 Å². The highest BCUT2D eigenvalue weighted by Crippen LogP contribution is 2.05. The van der Waals surface area contributed by atoms with Crippen molar-refractivity contribution in [1.82, 2.24) is 10.6 Å². The molecule has 2 N–H and O–H groups in total. The van der Waals surface area contributed by atoms with E-state index in [1.54, 1.807) is 31.4 Å². The van der Waals surface area contributed by atoms with E-state index in [1.807, 2.05) is 55.5 Å². The molecule has 2 aromatic carbocycles.